The van der Waals surface area contributed by atoms with Gasteiger partial charge in [-0.15, -0.1) is 0 Å². The molecule has 0 saturated carbocycles. The lowest BCUT2D eigenvalue weighted by Crippen LogP contribution is -2.04. The molecule has 0 aliphatic heterocycles. The zero-order valence-electron chi connectivity index (χ0n) is 12.9. The number of nitrogens with two attached hydrogens (primary N) is 1. The van der Waals surface area contributed by atoms with Crippen molar-refractivity contribution in [2.45, 2.75) is 33.1 Å². The molecule has 2 aromatic rings. The molecule has 2 rings (SSSR count). The van der Waals surface area contributed by atoms with E-state index in [2.05, 4.69) is 43.2 Å². The van der Waals surface area contributed by atoms with Crippen LogP contribution in [0.5, 0.6) is 5.88 Å². The molecule has 0 saturated heterocycles. The quantitative estimate of drug-likeness (QED) is 0.829. The molecule has 0 aliphatic carbocycles. The first-order valence-electron chi connectivity index (χ1n) is 7.37. The second kappa shape index (κ2) is 6.97. The number of ether oxygens (including phenoxy) is 1. The molecule has 0 amide bonds. The lowest BCUT2D eigenvalue weighted by molar-refractivity contribution is 0.307. The van der Waals surface area contributed by atoms with Crippen molar-refractivity contribution in [1.82, 2.24) is 4.98 Å². The Hall–Kier alpha value is -2.23. The molecule has 0 aliphatic rings. The van der Waals surface area contributed by atoms with E-state index >= 15 is 0 Å². The Labute approximate surface area is 126 Å². The molecule has 0 unspecified atom stereocenters. The van der Waals surface area contributed by atoms with E-state index in [0.717, 1.165) is 17.9 Å². The molecule has 4 nitrogen and oxygen atoms in total. The molecule has 4 heteroatoms. The first kappa shape index (κ1) is 15.2. The topological polar surface area (TPSA) is 60.2 Å². The highest BCUT2D eigenvalue weighted by molar-refractivity contribution is 5.64. The second-order valence-electron chi connectivity index (χ2n) is 5.31. The third kappa shape index (κ3) is 3.88. The van der Waals surface area contributed by atoms with Gasteiger partial charge in [-0.05, 0) is 36.1 Å². The highest BCUT2D eigenvalue weighted by atomic mass is 16.5. The minimum atomic E-state index is 0.443. The average Bonchev–Trinajstić information content (AvgIpc) is 2.48. The predicted octanol–water partition coefficient (Wildman–Crippen LogP) is 4.32. The van der Waals surface area contributed by atoms with Gasteiger partial charge < -0.3 is 15.8 Å². The number of rotatable bonds is 6. The second-order valence-corrected chi connectivity index (χ2v) is 5.31. The zero-order valence-corrected chi connectivity index (χ0v) is 12.9. The van der Waals surface area contributed by atoms with E-state index in [0.29, 0.717) is 24.1 Å². The van der Waals surface area contributed by atoms with Crippen LogP contribution in [0.4, 0.5) is 17.2 Å². The van der Waals surface area contributed by atoms with Crippen molar-refractivity contribution in [3.05, 3.63) is 42.0 Å². The summed E-state index contributed by atoms with van der Waals surface area (Å²) in [5.74, 6) is 1.67. The third-order valence-electron chi connectivity index (χ3n) is 3.18. The van der Waals surface area contributed by atoms with Crippen LogP contribution in [-0.4, -0.2) is 11.6 Å². The van der Waals surface area contributed by atoms with Gasteiger partial charge in [0.2, 0.25) is 5.88 Å². The molecule has 0 atom stereocenters. The van der Waals surface area contributed by atoms with Gasteiger partial charge in [-0.1, -0.05) is 39.0 Å². The molecule has 21 heavy (non-hydrogen) atoms. The van der Waals surface area contributed by atoms with E-state index < -0.39 is 0 Å². The van der Waals surface area contributed by atoms with Crippen molar-refractivity contribution in [3.63, 3.8) is 0 Å². The average molecular weight is 285 g/mol. The Morgan fingerprint density at radius 3 is 2.67 bits per heavy atom. The number of anilines is 3. The van der Waals surface area contributed by atoms with Gasteiger partial charge in [0.15, 0.2) is 0 Å². The summed E-state index contributed by atoms with van der Waals surface area (Å²) >= 11 is 0. The third-order valence-corrected chi connectivity index (χ3v) is 3.18. The number of hydrogen-bond acceptors (Lipinski definition) is 4. The van der Waals surface area contributed by atoms with Gasteiger partial charge in [0, 0.05) is 5.69 Å². The maximum absolute atomic E-state index is 5.89. The predicted molar refractivity (Wildman–Crippen MR) is 88.2 cm³/mol. The number of hydrogen-bond donors (Lipinski definition) is 2. The van der Waals surface area contributed by atoms with Crippen LogP contribution in [0.2, 0.25) is 0 Å². The fraction of sp³-hybridized carbons (Fsp3) is 0.353. The summed E-state index contributed by atoms with van der Waals surface area (Å²) < 4.78 is 5.57. The molecule has 1 heterocycles. The first-order chi connectivity index (χ1) is 10.1. The van der Waals surface area contributed by atoms with Crippen molar-refractivity contribution >= 4 is 17.2 Å². The van der Waals surface area contributed by atoms with Crippen LogP contribution in [-0.2, 0) is 0 Å². The van der Waals surface area contributed by atoms with Crippen LogP contribution in [0.3, 0.4) is 0 Å². The van der Waals surface area contributed by atoms with Crippen LogP contribution in [0.1, 0.15) is 38.7 Å². The van der Waals surface area contributed by atoms with Gasteiger partial charge in [-0.2, -0.15) is 4.98 Å². The number of para-hydroxylation sites is 1. The lowest BCUT2D eigenvalue weighted by atomic mass is 10.0. The fourth-order valence-corrected chi connectivity index (χ4v) is 2.09. The van der Waals surface area contributed by atoms with Gasteiger partial charge in [-0.25, -0.2) is 0 Å². The Balaban J connectivity index is 2.24. The minimum absolute atomic E-state index is 0.443. The van der Waals surface area contributed by atoms with Gasteiger partial charge >= 0.3 is 0 Å². The normalized spacial score (nSPS) is 10.7. The summed E-state index contributed by atoms with van der Waals surface area (Å²) in [5, 5.41) is 3.35. The van der Waals surface area contributed by atoms with Crippen molar-refractivity contribution in [3.8, 4) is 5.88 Å². The summed E-state index contributed by atoms with van der Waals surface area (Å²) in [4.78, 5) is 4.45. The van der Waals surface area contributed by atoms with Gasteiger partial charge in [0.1, 0.15) is 5.82 Å². The van der Waals surface area contributed by atoms with Crippen LogP contribution in [0, 0.1) is 0 Å². The van der Waals surface area contributed by atoms with E-state index in [1.807, 2.05) is 24.3 Å². The van der Waals surface area contributed by atoms with Crippen molar-refractivity contribution in [2.24, 2.45) is 0 Å². The molecule has 0 bridgehead atoms. The monoisotopic (exact) mass is 285 g/mol. The Bertz CT molecular complexity index is 596. The first-order valence-corrected chi connectivity index (χ1v) is 7.37. The number of benzene rings is 1. The molecule has 1 aromatic carbocycles. The van der Waals surface area contributed by atoms with Gasteiger partial charge in [0.25, 0.3) is 0 Å². The molecular formula is C17H23N3O. The van der Waals surface area contributed by atoms with Gasteiger partial charge in [-0.3, -0.25) is 0 Å². The van der Waals surface area contributed by atoms with E-state index in [1.54, 1.807) is 0 Å². The van der Waals surface area contributed by atoms with Crippen molar-refractivity contribution in [1.29, 1.82) is 0 Å². The summed E-state index contributed by atoms with van der Waals surface area (Å²) in [5.41, 5.74) is 8.77. The van der Waals surface area contributed by atoms with E-state index in [1.165, 1.54) is 5.56 Å². The number of aromatic nitrogens is 1. The summed E-state index contributed by atoms with van der Waals surface area (Å²) in [6.07, 6.45) is 0.926. The van der Waals surface area contributed by atoms with Crippen LogP contribution < -0.4 is 15.8 Å². The molecule has 0 radical (unpaired) electrons. The molecule has 3 N–H and O–H groups in total. The van der Waals surface area contributed by atoms with E-state index in [-0.39, 0.29) is 0 Å². The maximum atomic E-state index is 5.89. The maximum Gasteiger partial charge on any atom is 0.239 e. The standard InChI is InChI=1S/C17H23N3O/c1-4-11-21-17-14(18)9-10-16(20-17)19-15-8-6-5-7-13(15)12(2)3/h5-10,12H,4,11,18H2,1-3H3,(H,19,20). The van der Waals surface area contributed by atoms with Crippen LogP contribution in [0.15, 0.2) is 36.4 Å². The number of nitrogen functional groups attached to an aromatic ring is 1. The summed E-state index contributed by atoms with van der Waals surface area (Å²) in [6, 6.07) is 11.9. The molecule has 112 valence electrons. The molecule has 1 aromatic heterocycles. The molecular weight excluding hydrogens is 262 g/mol. The Kier molecular flexibility index (Phi) is 5.04. The van der Waals surface area contributed by atoms with E-state index in [4.69, 9.17) is 10.5 Å². The van der Waals surface area contributed by atoms with Gasteiger partial charge in [0.05, 0.1) is 12.3 Å². The van der Waals surface area contributed by atoms with Crippen LogP contribution >= 0.6 is 0 Å². The largest absolute Gasteiger partial charge is 0.476 e. The summed E-state index contributed by atoms with van der Waals surface area (Å²) in [6.45, 7) is 7.01. The van der Waals surface area contributed by atoms with E-state index in [9.17, 15) is 0 Å². The number of pyridine rings is 1. The number of nitrogens with one attached hydrogen (secondary N) is 1. The summed E-state index contributed by atoms with van der Waals surface area (Å²) in [7, 11) is 0. The minimum Gasteiger partial charge on any atom is -0.476 e. The zero-order chi connectivity index (χ0) is 15.2. The lowest BCUT2D eigenvalue weighted by Gasteiger charge is -2.15. The van der Waals surface area contributed by atoms with Crippen molar-refractivity contribution in [2.75, 3.05) is 17.7 Å². The highest BCUT2D eigenvalue weighted by Crippen LogP contribution is 2.28. The fourth-order valence-electron chi connectivity index (χ4n) is 2.09. The van der Waals surface area contributed by atoms with Crippen LogP contribution in [0.25, 0.3) is 0 Å². The Morgan fingerprint density at radius 1 is 1.19 bits per heavy atom. The van der Waals surface area contributed by atoms with Crippen molar-refractivity contribution < 1.29 is 4.74 Å². The number of nitrogens with zero attached hydrogens (tertiary/aromatic N) is 1. The smallest absolute Gasteiger partial charge is 0.239 e. The SMILES string of the molecule is CCCOc1nc(Nc2ccccc2C(C)C)ccc1N. The molecule has 0 fully saturated rings. The molecule has 0 spiro atoms. The Morgan fingerprint density at radius 2 is 1.95 bits per heavy atom. The highest BCUT2D eigenvalue weighted by Gasteiger charge is 2.08.